The number of rotatable bonds is 2. The van der Waals surface area contributed by atoms with Crippen LogP contribution in [0.5, 0.6) is 0 Å². The predicted molar refractivity (Wildman–Crippen MR) is 66.4 cm³/mol. The molecule has 0 saturated heterocycles. The van der Waals surface area contributed by atoms with E-state index < -0.39 is 0 Å². The van der Waals surface area contributed by atoms with Crippen LogP contribution < -0.4 is 5.32 Å². The van der Waals surface area contributed by atoms with Gasteiger partial charge in [0.05, 0.1) is 5.56 Å². The molecule has 1 aromatic carbocycles. The average Bonchev–Trinajstić information content (AvgIpc) is 2.70. The Balaban J connectivity index is 2.13. The monoisotopic (exact) mass is 281 g/mol. The summed E-state index contributed by atoms with van der Waals surface area (Å²) in [5.74, 6) is -0.0747. The first kappa shape index (κ1) is 10.4. The topological polar surface area (TPSA) is 29.1 Å². The summed E-state index contributed by atoms with van der Waals surface area (Å²) in [6.45, 7) is 0. The maximum absolute atomic E-state index is 11.7. The van der Waals surface area contributed by atoms with Crippen LogP contribution in [0.2, 0.25) is 0 Å². The maximum Gasteiger partial charge on any atom is 0.256 e. The van der Waals surface area contributed by atoms with Crippen molar-refractivity contribution in [2.24, 2.45) is 0 Å². The maximum atomic E-state index is 11.7. The largest absolute Gasteiger partial charge is 0.322 e. The van der Waals surface area contributed by atoms with Crippen molar-refractivity contribution < 1.29 is 4.79 Å². The van der Waals surface area contributed by atoms with Crippen molar-refractivity contribution in [1.82, 2.24) is 0 Å². The summed E-state index contributed by atoms with van der Waals surface area (Å²) in [6.07, 6.45) is 0. The highest BCUT2D eigenvalue weighted by Gasteiger charge is 2.05. The third-order valence-corrected chi connectivity index (χ3v) is 3.04. The normalized spacial score (nSPS) is 9.93. The molecule has 0 radical (unpaired) electrons. The second-order valence-electron chi connectivity index (χ2n) is 2.98. The zero-order chi connectivity index (χ0) is 10.7. The molecule has 15 heavy (non-hydrogen) atoms. The molecule has 0 unspecified atom stereocenters. The molecule has 1 aromatic heterocycles. The fourth-order valence-corrected chi connectivity index (χ4v) is 2.20. The van der Waals surface area contributed by atoms with Crippen LogP contribution in [-0.4, -0.2) is 5.91 Å². The van der Waals surface area contributed by atoms with Gasteiger partial charge in [-0.2, -0.15) is 11.3 Å². The molecule has 0 spiro atoms. The Kier molecular flexibility index (Phi) is 3.18. The lowest BCUT2D eigenvalue weighted by Gasteiger charge is -2.03. The van der Waals surface area contributed by atoms with Gasteiger partial charge in [0.15, 0.2) is 0 Å². The Morgan fingerprint density at radius 1 is 1.33 bits per heavy atom. The van der Waals surface area contributed by atoms with E-state index in [4.69, 9.17) is 0 Å². The lowest BCUT2D eigenvalue weighted by Crippen LogP contribution is -2.10. The lowest BCUT2D eigenvalue weighted by molar-refractivity contribution is 0.102. The Bertz CT molecular complexity index is 467. The van der Waals surface area contributed by atoms with E-state index >= 15 is 0 Å². The number of anilines is 1. The van der Waals surface area contributed by atoms with Crippen LogP contribution in [0.15, 0.2) is 45.6 Å². The van der Waals surface area contributed by atoms with Crippen LogP contribution in [-0.2, 0) is 0 Å². The smallest absolute Gasteiger partial charge is 0.256 e. The van der Waals surface area contributed by atoms with Gasteiger partial charge in [-0.25, -0.2) is 0 Å². The summed E-state index contributed by atoms with van der Waals surface area (Å²) in [5, 5.41) is 6.53. The third-order valence-electron chi connectivity index (χ3n) is 1.87. The minimum Gasteiger partial charge on any atom is -0.322 e. The summed E-state index contributed by atoms with van der Waals surface area (Å²) >= 11 is 4.86. The van der Waals surface area contributed by atoms with Gasteiger partial charge in [-0.3, -0.25) is 4.79 Å². The van der Waals surface area contributed by atoms with E-state index in [0.29, 0.717) is 5.56 Å². The number of nitrogens with one attached hydrogen (secondary N) is 1. The predicted octanol–water partition coefficient (Wildman–Crippen LogP) is 3.76. The van der Waals surface area contributed by atoms with Crippen molar-refractivity contribution in [3.63, 3.8) is 0 Å². The van der Waals surface area contributed by atoms with Crippen LogP contribution in [0.4, 0.5) is 5.69 Å². The molecule has 0 atom stereocenters. The molecule has 76 valence electrons. The Morgan fingerprint density at radius 3 is 2.87 bits per heavy atom. The van der Waals surface area contributed by atoms with Gasteiger partial charge in [-0.05, 0) is 29.6 Å². The summed E-state index contributed by atoms with van der Waals surface area (Å²) < 4.78 is 0.950. The van der Waals surface area contributed by atoms with Gasteiger partial charge in [-0.15, -0.1) is 0 Å². The van der Waals surface area contributed by atoms with Crippen molar-refractivity contribution in [3.8, 4) is 0 Å². The SMILES string of the molecule is O=C(Nc1cccc(Br)c1)c1ccsc1. The van der Waals surface area contributed by atoms with Gasteiger partial charge in [0.2, 0.25) is 0 Å². The Labute approximate surface area is 100 Å². The molecule has 2 rings (SSSR count). The molecule has 1 N–H and O–H groups in total. The van der Waals surface area contributed by atoms with E-state index in [9.17, 15) is 4.79 Å². The molecular weight excluding hydrogens is 274 g/mol. The number of halogens is 1. The van der Waals surface area contributed by atoms with Crippen LogP contribution in [0, 0.1) is 0 Å². The Hall–Kier alpha value is -1.13. The first-order chi connectivity index (χ1) is 7.25. The first-order valence-electron chi connectivity index (χ1n) is 4.35. The lowest BCUT2D eigenvalue weighted by atomic mass is 10.3. The van der Waals surface area contributed by atoms with Crippen molar-refractivity contribution >= 4 is 38.9 Å². The highest BCUT2D eigenvalue weighted by molar-refractivity contribution is 9.10. The van der Waals surface area contributed by atoms with Gasteiger partial charge in [0.1, 0.15) is 0 Å². The number of carbonyl (C=O) groups excluding carboxylic acids is 1. The van der Waals surface area contributed by atoms with Crippen LogP contribution in [0.3, 0.4) is 0 Å². The fourth-order valence-electron chi connectivity index (χ4n) is 1.16. The minimum absolute atomic E-state index is 0.0747. The third kappa shape index (κ3) is 2.67. The number of carbonyl (C=O) groups is 1. The second kappa shape index (κ2) is 4.59. The quantitative estimate of drug-likeness (QED) is 0.892. The van der Waals surface area contributed by atoms with E-state index in [-0.39, 0.29) is 5.91 Å². The summed E-state index contributed by atoms with van der Waals surface area (Å²) in [5.41, 5.74) is 1.49. The molecule has 2 nitrogen and oxygen atoms in total. The van der Waals surface area contributed by atoms with Crippen LogP contribution in [0.1, 0.15) is 10.4 Å². The zero-order valence-corrected chi connectivity index (χ0v) is 10.1. The highest BCUT2D eigenvalue weighted by Crippen LogP contribution is 2.17. The molecule has 0 bridgehead atoms. The summed E-state index contributed by atoms with van der Waals surface area (Å²) in [4.78, 5) is 11.7. The van der Waals surface area contributed by atoms with E-state index in [2.05, 4.69) is 21.2 Å². The number of thiophene rings is 1. The first-order valence-corrected chi connectivity index (χ1v) is 6.08. The molecule has 0 aliphatic carbocycles. The number of amides is 1. The molecule has 2 aromatic rings. The van der Waals surface area contributed by atoms with Gasteiger partial charge in [0, 0.05) is 15.5 Å². The molecule has 0 saturated carbocycles. The van der Waals surface area contributed by atoms with Crippen LogP contribution in [0.25, 0.3) is 0 Å². The number of hydrogen-bond acceptors (Lipinski definition) is 2. The van der Waals surface area contributed by atoms with E-state index in [0.717, 1.165) is 10.2 Å². The zero-order valence-electron chi connectivity index (χ0n) is 7.74. The van der Waals surface area contributed by atoms with Gasteiger partial charge in [-0.1, -0.05) is 22.0 Å². The standard InChI is InChI=1S/C11H8BrNOS/c12-9-2-1-3-10(6-9)13-11(14)8-4-5-15-7-8/h1-7H,(H,13,14). The molecule has 4 heteroatoms. The van der Waals surface area contributed by atoms with Crippen molar-refractivity contribution in [2.45, 2.75) is 0 Å². The van der Waals surface area contributed by atoms with Crippen LogP contribution >= 0.6 is 27.3 Å². The fraction of sp³-hybridized carbons (Fsp3) is 0. The van der Waals surface area contributed by atoms with Crippen molar-refractivity contribution in [1.29, 1.82) is 0 Å². The van der Waals surface area contributed by atoms with Gasteiger partial charge < -0.3 is 5.32 Å². The molecule has 1 heterocycles. The van der Waals surface area contributed by atoms with Gasteiger partial charge >= 0.3 is 0 Å². The van der Waals surface area contributed by atoms with Crippen molar-refractivity contribution in [2.75, 3.05) is 5.32 Å². The highest BCUT2D eigenvalue weighted by atomic mass is 79.9. The van der Waals surface area contributed by atoms with E-state index in [1.54, 1.807) is 6.07 Å². The second-order valence-corrected chi connectivity index (χ2v) is 4.67. The van der Waals surface area contributed by atoms with Crippen molar-refractivity contribution in [3.05, 3.63) is 51.1 Å². The molecule has 0 fully saturated rings. The number of hydrogen-bond donors (Lipinski definition) is 1. The number of benzene rings is 1. The minimum atomic E-state index is -0.0747. The molecular formula is C11H8BrNOS. The summed E-state index contributed by atoms with van der Waals surface area (Å²) in [6, 6.07) is 9.32. The molecule has 0 aliphatic heterocycles. The van der Waals surface area contributed by atoms with Gasteiger partial charge in [0.25, 0.3) is 5.91 Å². The van der Waals surface area contributed by atoms with E-state index in [1.807, 2.05) is 35.0 Å². The average molecular weight is 282 g/mol. The summed E-state index contributed by atoms with van der Waals surface area (Å²) in [7, 11) is 0. The van der Waals surface area contributed by atoms with E-state index in [1.165, 1.54) is 11.3 Å². The Morgan fingerprint density at radius 2 is 2.20 bits per heavy atom. The molecule has 0 aliphatic rings. The molecule has 1 amide bonds.